The maximum Gasteiger partial charge on any atom is 0.168 e. The summed E-state index contributed by atoms with van der Waals surface area (Å²) in [5, 5.41) is 8.02. The molecule has 1 atom stereocenters. The van der Waals surface area contributed by atoms with E-state index in [2.05, 4.69) is 28.4 Å². The maximum atomic E-state index is 4.63. The summed E-state index contributed by atoms with van der Waals surface area (Å²) >= 11 is 0. The zero-order chi connectivity index (χ0) is 11.0. The second-order valence-electron chi connectivity index (χ2n) is 4.43. The molecule has 84 valence electrons. The first kappa shape index (κ1) is 9.78. The fraction of sp³-hybridized carbons (Fsp3) is 0.500. The smallest absolute Gasteiger partial charge is 0.168 e. The molecular weight excluding hydrogens is 200 g/mol. The molecule has 0 saturated carbocycles. The zero-order valence-electron chi connectivity index (χ0n) is 9.48. The molecule has 1 aliphatic heterocycles. The van der Waals surface area contributed by atoms with Gasteiger partial charge in [0.05, 0.1) is 6.04 Å². The van der Waals surface area contributed by atoms with Crippen LogP contribution in [-0.2, 0) is 0 Å². The fourth-order valence-corrected chi connectivity index (χ4v) is 2.28. The minimum absolute atomic E-state index is 0.341. The van der Waals surface area contributed by atoms with Crippen LogP contribution >= 0.6 is 0 Å². The highest BCUT2D eigenvalue weighted by molar-refractivity contribution is 5.45. The Balaban J connectivity index is 2.01. The topological polar surface area (TPSA) is 42.2 Å². The summed E-state index contributed by atoms with van der Waals surface area (Å²) in [6.07, 6.45) is 5.65. The molecule has 0 bridgehead atoms. The standard InChI is InChI=1S/C12H16N4/c1-9-5-4-8-16-12(9)14-11(15-16)10-6-2-3-7-13-10/h4-5,8,10,13H,2-3,6-7H2,1H3. The second kappa shape index (κ2) is 3.87. The van der Waals surface area contributed by atoms with Gasteiger partial charge in [-0.25, -0.2) is 9.50 Å². The van der Waals surface area contributed by atoms with Crippen molar-refractivity contribution in [3.05, 3.63) is 29.7 Å². The molecule has 4 nitrogen and oxygen atoms in total. The van der Waals surface area contributed by atoms with Crippen molar-refractivity contribution in [2.24, 2.45) is 0 Å². The number of nitrogens with one attached hydrogen (secondary N) is 1. The van der Waals surface area contributed by atoms with Gasteiger partial charge >= 0.3 is 0 Å². The Kier molecular flexibility index (Phi) is 2.36. The normalized spacial score (nSPS) is 21.4. The monoisotopic (exact) mass is 216 g/mol. The number of aromatic nitrogens is 3. The van der Waals surface area contributed by atoms with Gasteiger partial charge in [0.1, 0.15) is 0 Å². The molecule has 1 unspecified atom stereocenters. The zero-order valence-corrected chi connectivity index (χ0v) is 9.48. The van der Waals surface area contributed by atoms with Gasteiger partial charge in [0.25, 0.3) is 0 Å². The first-order valence-electron chi connectivity index (χ1n) is 5.90. The fourth-order valence-electron chi connectivity index (χ4n) is 2.28. The average molecular weight is 216 g/mol. The molecule has 16 heavy (non-hydrogen) atoms. The van der Waals surface area contributed by atoms with Crippen molar-refractivity contribution in [2.75, 3.05) is 6.54 Å². The molecular formula is C12H16N4. The second-order valence-corrected chi connectivity index (χ2v) is 4.43. The summed E-state index contributed by atoms with van der Waals surface area (Å²) < 4.78 is 1.88. The van der Waals surface area contributed by atoms with Crippen molar-refractivity contribution in [3.8, 4) is 0 Å². The molecule has 1 aliphatic rings. The Bertz CT molecular complexity index is 497. The van der Waals surface area contributed by atoms with E-state index < -0.39 is 0 Å². The molecule has 0 aliphatic carbocycles. The molecule has 4 heteroatoms. The van der Waals surface area contributed by atoms with Crippen LogP contribution in [0.4, 0.5) is 0 Å². The van der Waals surface area contributed by atoms with Crippen LogP contribution in [0, 0.1) is 6.92 Å². The Morgan fingerprint density at radius 2 is 2.38 bits per heavy atom. The van der Waals surface area contributed by atoms with Gasteiger partial charge < -0.3 is 5.32 Å². The summed E-state index contributed by atoms with van der Waals surface area (Å²) in [7, 11) is 0. The number of piperidine rings is 1. The highest BCUT2D eigenvalue weighted by Crippen LogP contribution is 2.21. The van der Waals surface area contributed by atoms with E-state index in [4.69, 9.17) is 0 Å². The first-order valence-corrected chi connectivity index (χ1v) is 5.90. The summed E-state index contributed by atoms with van der Waals surface area (Å²) in [6, 6.07) is 4.42. The summed E-state index contributed by atoms with van der Waals surface area (Å²) in [6.45, 7) is 3.15. The lowest BCUT2D eigenvalue weighted by Crippen LogP contribution is -2.27. The maximum absolute atomic E-state index is 4.63. The summed E-state index contributed by atoms with van der Waals surface area (Å²) in [4.78, 5) is 4.63. The van der Waals surface area contributed by atoms with Crippen molar-refractivity contribution >= 4 is 5.65 Å². The number of rotatable bonds is 1. The SMILES string of the molecule is Cc1cccn2nc(C3CCCCN3)nc12. The number of pyridine rings is 1. The van der Waals surface area contributed by atoms with Crippen LogP contribution in [0.3, 0.4) is 0 Å². The van der Waals surface area contributed by atoms with Crippen LogP contribution in [0.25, 0.3) is 5.65 Å². The Morgan fingerprint density at radius 3 is 3.12 bits per heavy atom. The van der Waals surface area contributed by atoms with Gasteiger partial charge in [0.15, 0.2) is 11.5 Å². The third kappa shape index (κ3) is 1.59. The quantitative estimate of drug-likeness (QED) is 0.791. The highest BCUT2D eigenvalue weighted by atomic mass is 15.3. The van der Waals surface area contributed by atoms with E-state index in [1.54, 1.807) is 0 Å². The molecule has 1 fully saturated rings. The molecule has 3 heterocycles. The van der Waals surface area contributed by atoms with Gasteiger partial charge in [-0.05, 0) is 37.9 Å². The van der Waals surface area contributed by atoms with Gasteiger partial charge in [-0.3, -0.25) is 0 Å². The lowest BCUT2D eigenvalue weighted by molar-refractivity contribution is 0.397. The van der Waals surface area contributed by atoms with E-state index >= 15 is 0 Å². The van der Waals surface area contributed by atoms with Crippen molar-refractivity contribution in [1.82, 2.24) is 19.9 Å². The van der Waals surface area contributed by atoms with Crippen LogP contribution < -0.4 is 5.32 Å². The van der Waals surface area contributed by atoms with Crippen molar-refractivity contribution in [3.63, 3.8) is 0 Å². The van der Waals surface area contributed by atoms with Crippen LogP contribution in [-0.4, -0.2) is 21.1 Å². The molecule has 0 amide bonds. The van der Waals surface area contributed by atoms with Crippen LogP contribution in [0.15, 0.2) is 18.3 Å². The van der Waals surface area contributed by atoms with E-state index in [9.17, 15) is 0 Å². The molecule has 1 saturated heterocycles. The molecule has 3 rings (SSSR count). The molecule has 0 radical (unpaired) electrons. The Morgan fingerprint density at radius 1 is 1.44 bits per heavy atom. The van der Waals surface area contributed by atoms with E-state index in [0.717, 1.165) is 24.4 Å². The lowest BCUT2D eigenvalue weighted by Gasteiger charge is -2.20. The van der Waals surface area contributed by atoms with Crippen molar-refractivity contribution < 1.29 is 0 Å². The van der Waals surface area contributed by atoms with Crippen LogP contribution in [0.2, 0.25) is 0 Å². The predicted molar refractivity (Wildman–Crippen MR) is 62.3 cm³/mol. The number of hydrogen-bond donors (Lipinski definition) is 1. The molecule has 1 N–H and O–H groups in total. The van der Waals surface area contributed by atoms with E-state index in [-0.39, 0.29) is 0 Å². The van der Waals surface area contributed by atoms with E-state index in [1.807, 2.05) is 16.8 Å². The minimum atomic E-state index is 0.341. The van der Waals surface area contributed by atoms with Crippen molar-refractivity contribution in [2.45, 2.75) is 32.2 Å². The van der Waals surface area contributed by atoms with Gasteiger partial charge in [-0.2, -0.15) is 0 Å². The lowest BCUT2D eigenvalue weighted by atomic mass is 10.0. The largest absolute Gasteiger partial charge is 0.307 e. The number of aryl methyl sites for hydroxylation is 1. The Labute approximate surface area is 94.7 Å². The summed E-state index contributed by atoms with van der Waals surface area (Å²) in [5.41, 5.74) is 2.15. The summed E-state index contributed by atoms with van der Waals surface area (Å²) in [5.74, 6) is 0.939. The molecule has 2 aromatic rings. The van der Waals surface area contributed by atoms with E-state index in [1.165, 1.54) is 18.4 Å². The van der Waals surface area contributed by atoms with E-state index in [0.29, 0.717) is 6.04 Å². The molecule has 2 aromatic heterocycles. The third-order valence-corrected chi connectivity index (χ3v) is 3.20. The molecule has 0 spiro atoms. The Hall–Kier alpha value is -1.42. The van der Waals surface area contributed by atoms with Gasteiger partial charge in [-0.15, -0.1) is 5.10 Å². The van der Waals surface area contributed by atoms with Crippen LogP contribution in [0.5, 0.6) is 0 Å². The predicted octanol–water partition coefficient (Wildman–Crippen LogP) is 1.85. The molecule has 0 aromatic carbocycles. The average Bonchev–Trinajstić information content (AvgIpc) is 2.76. The first-order chi connectivity index (χ1) is 7.84. The van der Waals surface area contributed by atoms with Gasteiger partial charge in [0, 0.05) is 6.20 Å². The number of hydrogen-bond acceptors (Lipinski definition) is 3. The van der Waals surface area contributed by atoms with Gasteiger partial charge in [-0.1, -0.05) is 12.5 Å². The van der Waals surface area contributed by atoms with Gasteiger partial charge in [0.2, 0.25) is 0 Å². The number of fused-ring (bicyclic) bond motifs is 1. The third-order valence-electron chi connectivity index (χ3n) is 3.20. The minimum Gasteiger partial charge on any atom is -0.307 e. The van der Waals surface area contributed by atoms with Crippen LogP contribution in [0.1, 0.15) is 36.7 Å². The highest BCUT2D eigenvalue weighted by Gasteiger charge is 2.19. The number of nitrogens with zero attached hydrogens (tertiary/aromatic N) is 3. The van der Waals surface area contributed by atoms with Crippen molar-refractivity contribution in [1.29, 1.82) is 0 Å².